The first kappa shape index (κ1) is 19.9. The summed E-state index contributed by atoms with van der Waals surface area (Å²) in [5.74, 6) is -2.69. The van der Waals surface area contributed by atoms with Crippen LogP contribution in [-0.4, -0.2) is 28.0 Å². The van der Waals surface area contributed by atoms with E-state index in [0.717, 1.165) is 5.56 Å². The van der Waals surface area contributed by atoms with Crippen LogP contribution in [0.3, 0.4) is 0 Å². The Kier molecular flexibility index (Phi) is 4.73. The molecule has 2 heterocycles. The summed E-state index contributed by atoms with van der Waals surface area (Å²) < 4.78 is 20.5. The van der Waals surface area contributed by atoms with Gasteiger partial charge in [-0.2, -0.15) is 0 Å². The highest BCUT2D eigenvalue weighted by atomic mass is 19.1. The van der Waals surface area contributed by atoms with Crippen LogP contribution in [0.1, 0.15) is 37.5 Å². The number of hydrogen-bond acceptors (Lipinski definition) is 4. The fourth-order valence-corrected chi connectivity index (χ4v) is 3.63. The lowest BCUT2D eigenvalue weighted by molar-refractivity contribution is -0.146. The van der Waals surface area contributed by atoms with Crippen molar-refractivity contribution in [2.75, 3.05) is 6.61 Å². The second-order valence-corrected chi connectivity index (χ2v) is 8.51. The van der Waals surface area contributed by atoms with Gasteiger partial charge in [0.1, 0.15) is 18.2 Å². The van der Waals surface area contributed by atoms with Crippen molar-refractivity contribution in [3.63, 3.8) is 0 Å². The van der Waals surface area contributed by atoms with Crippen molar-refractivity contribution in [1.82, 2.24) is 4.57 Å². The fraction of sp³-hybridized carbons (Fsp3) is 0.250. The zero-order chi connectivity index (χ0) is 21.6. The van der Waals surface area contributed by atoms with Gasteiger partial charge in [-0.3, -0.25) is 4.79 Å². The van der Waals surface area contributed by atoms with Crippen molar-refractivity contribution < 1.29 is 23.8 Å². The van der Waals surface area contributed by atoms with E-state index in [1.165, 1.54) is 17.7 Å². The molecule has 4 rings (SSSR count). The molecule has 1 aliphatic rings. The predicted octanol–water partition coefficient (Wildman–Crippen LogP) is 4.52. The number of ketones is 1. The summed E-state index contributed by atoms with van der Waals surface area (Å²) >= 11 is 0. The third-order valence-electron chi connectivity index (χ3n) is 5.36. The Morgan fingerprint density at radius 1 is 1.13 bits per heavy atom. The summed E-state index contributed by atoms with van der Waals surface area (Å²) in [5.41, 5.74) is 3.19. The molecule has 6 heteroatoms. The second kappa shape index (κ2) is 7.13. The van der Waals surface area contributed by atoms with Crippen molar-refractivity contribution in [3.05, 3.63) is 76.7 Å². The molecule has 5 nitrogen and oxygen atoms in total. The Morgan fingerprint density at radius 2 is 1.83 bits per heavy atom. The number of hydrogen-bond donors (Lipinski definition) is 1. The fourth-order valence-electron chi connectivity index (χ4n) is 3.63. The van der Waals surface area contributed by atoms with Crippen LogP contribution in [-0.2, 0) is 26.3 Å². The highest BCUT2D eigenvalue weighted by Gasteiger charge is 2.33. The molecule has 0 unspecified atom stereocenters. The van der Waals surface area contributed by atoms with Crippen LogP contribution >= 0.6 is 0 Å². The van der Waals surface area contributed by atoms with Crippen LogP contribution in [0.4, 0.5) is 4.39 Å². The van der Waals surface area contributed by atoms with Gasteiger partial charge in [0.25, 0.3) is 5.78 Å². The molecule has 0 amide bonds. The average Bonchev–Trinajstić information content (AvgIpc) is 3.21. The van der Waals surface area contributed by atoms with Crippen LogP contribution in [0.15, 0.2) is 54.2 Å². The normalized spacial score (nSPS) is 16.3. The van der Waals surface area contributed by atoms with Crippen LogP contribution in [0.25, 0.3) is 16.7 Å². The van der Waals surface area contributed by atoms with Crippen LogP contribution in [0.5, 0.6) is 0 Å². The van der Waals surface area contributed by atoms with E-state index in [2.05, 4.69) is 32.9 Å². The third kappa shape index (κ3) is 3.49. The van der Waals surface area contributed by atoms with E-state index in [4.69, 9.17) is 4.74 Å². The van der Waals surface area contributed by atoms with E-state index < -0.39 is 17.6 Å². The molecule has 0 atom stereocenters. The molecule has 1 aromatic heterocycles. The number of carbonyl (C=O) groups is 2. The molecule has 1 N–H and O–H groups in total. The quantitative estimate of drug-likeness (QED) is 0.300. The monoisotopic (exact) mass is 407 g/mol. The first-order valence-electron chi connectivity index (χ1n) is 9.67. The lowest BCUT2D eigenvalue weighted by Crippen LogP contribution is -2.11. The van der Waals surface area contributed by atoms with Crippen molar-refractivity contribution in [2.45, 2.75) is 32.7 Å². The number of rotatable bonds is 3. The zero-order valence-corrected chi connectivity index (χ0v) is 17.0. The third-order valence-corrected chi connectivity index (χ3v) is 5.36. The molecule has 0 bridgehead atoms. The molecule has 3 aromatic rings. The van der Waals surface area contributed by atoms with Crippen molar-refractivity contribution in [1.29, 1.82) is 0 Å². The van der Waals surface area contributed by atoms with Gasteiger partial charge in [0.05, 0.1) is 5.57 Å². The maximum absolute atomic E-state index is 13.9. The average molecular weight is 407 g/mol. The Labute approximate surface area is 173 Å². The topological polar surface area (TPSA) is 68.5 Å². The highest BCUT2D eigenvalue weighted by Crippen LogP contribution is 2.31. The summed E-state index contributed by atoms with van der Waals surface area (Å²) in [7, 11) is 0. The highest BCUT2D eigenvalue weighted by molar-refractivity contribution is 6.43. The standard InChI is InChI=1S/C24H22FNO4/c1-24(2,3)15-6-4-14(5-7-15)11-26-12-18(17-10-16(25)8-9-20(17)26)21(27)19-13-30-23(29)22(19)28/h4-10,12,27H,11,13H2,1-3H3. The summed E-state index contributed by atoms with van der Waals surface area (Å²) in [6.07, 6.45) is 1.67. The summed E-state index contributed by atoms with van der Waals surface area (Å²) in [5, 5.41) is 11.2. The van der Waals surface area contributed by atoms with Gasteiger partial charge in [0.2, 0.25) is 0 Å². The molecule has 1 fully saturated rings. The molecular formula is C24H22FNO4. The number of ether oxygens (including phenoxy) is 1. The van der Waals surface area contributed by atoms with Gasteiger partial charge < -0.3 is 14.4 Å². The number of cyclic esters (lactones) is 1. The van der Waals surface area contributed by atoms with Gasteiger partial charge >= 0.3 is 5.97 Å². The lowest BCUT2D eigenvalue weighted by Gasteiger charge is -2.19. The SMILES string of the molecule is CC(C)(C)c1ccc(Cn2cc(C(O)=C3COC(=O)C3=O)c3cc(F)ccc32)cc1. The smallest absolute Gasteiger partial charge is 0.379 e. The molecule has 0 saturated carbocycles. The van der Waals surface area contributed by atoms with E-state index in [1.54, 1.807) is 12.3 Å². The second-order valence-electron chi connectivity index (χ2n) is 8.51. The number of esters is 1. The van der Waals surface area contributed by atoms with Gasteiger partial charge in [-0.15, -0.1) is 0 Å². The molecular weight excluding hydrogens is 385 g/mol. The minimum absolute atomic E-state index is 0.0503. The number of aromatic nitrogens is 1. The van der Waals surface area contributed by atoms with Crippen molar-refractivity contribution in [2.24, 2.45) is 0 Å². The number of aliphatic hydroxyl groups excluding tert-OH is 1. The van der Waals surface area contributed by atoms with E-state index in [9.17, 15) is 19.1 Å². The minimum Gasteiger partial charge on any atom is -0.507 e. The first-order chi connectivity index (χ1) is 14.1. The number of nitrogens with zero attached hydrogens (tertiary/aromatic N) is 1. The molecule has 1 aliphatic heterocycles. The van der Waals surface area contributed by atoms with Gasteiger partial charge in [-0.05, 0) is 34.7 Å². The molecule has 0 aliphatic carbocycles. The van der Waals surface area contributed by atoms with Crippen molar-refractivity contribution >= 4 is 28.4 Å². The molecule has 2 aromatic carbocycles. The zero-order valence-electron chi connectivity index (χ0n) is 17.0. The molecule has 30 heavy (non-hydrogen) atoms. The Balaban J connectivity index is 1.78. The van der Waals surface area contributed by atoms with Gasteiger partial charge in [-0.25, -0.2) is 9.18 Å². The van der Waals surface area contributed by atoms with E-state index >= 15 is 0 Å². The van der Waals surface area contributed by atoms with Crippen LogP contribution in [0.2, 0.25) is 0 Å². The number of benzene rings is 2. The summed E-state index contributed by atoms with van der Waals surface area (Å²) in [6.45, 7) is 6.66. The van der Waals surface area contributed by atoms with E-state index in [0.29, 0.717) is 17.4 Å². The largest absolute Gasteiger partial charge is 0.507 e. The predicted molar refractivity (Wildman–Crippen MR) is 112 cm³/mol. The maximum Gasteiger partial charge on any atom is 0.379 e. The van der Waals surface area contributed by atoms with Gasteiger partial charge in [-0.1, -0.05) is 45.0 Å². The van der Waals surface area contributed by atoms with Crippen molar-refractivity contribution in [3.8, 4) is 0 Å². The van der Waals surface area contributed by atoms with Gasteiger partial charge in [0, 0.05) is 29.2 Å². The molecule has 1 saturated heterocycles. The number of Topliss-reactive ketones (excluding diaryl/α,β-unsaturated/α-hetero) is 1. The number of halogens is 1. The molecule has 154 valence electrons. The van der Waals surface area contributed by atoms with Gasteiger partial charge in [0.15, 0.2) is 0 Å². The Hall–Kier alpha value is -3.41. The van der Waals surface area contributed by atoms with Crippen LogP contribution < -0.4 is 0 Å². The summed E-state index contributed by atoms with van der Waals surface area (Å²) in [4.78, 5) is 23.4. The minimum atomic E-state index is -0.995. The van der Waals surface area contributed by atoms with E-state index in [1.807, 2.05) is 16.7 Å². The number of carbonyl (C=O) groups excluding carboxylic acids is 2. The number of fused-ring (bicyclic) bond motifs is 1. The lowest BCUT2D eigenvalue weighted by atomic mass is 9.87. The Bertz CT molecular complexity index is 1200. The van der Waals surface area contributed by atoms with E-state index in [-0.39, 0.29) is 28.9 Å². The number of aliphatic hydroxyl groups is 1. The molecule has 0 spiro atoms. The van der Waals surface area contributed by atoms with Crippen LogP contribution in [0, 0.1) is 5.82 Å². The Morgan fingerprint density at radius 3 is 2.43 bits per heavy atom. The molecule has 0 radical (unpaired) electrons. The maximum atomic E-state index is 13.9. The first-order valence-corrected chi connectivity index (χ1v) is 9.67. The summed E-state index contributed by atoms with van der Waals surface area (Å²) in [6, 6.07) is 12.5.